The molecule has 100 valence electrons. The lowest BCUT2D eigenvalue weighted by Crippen LogP contribution is -2.06. The van der Waals surface area contributed by atoms with Crippen LogP contribution in [0, 0.1) is 0 Å². The number of fused-ring (bicyclic) bond motifs is 1. The van der Waals surface area contributed by atoms with Gasteiger partial charge in [-0.2, -0.15) is 0 Å². The topological polar surface area (TPSA) is 46.7 Å². The molecule has 0 radical (unpaired) electrons. The Hall–Kier alpha value is -1.92. The van der Waals surface area contributed by atoms with Crippen LogP contribution >= 0.6 is 24.0 Å². The number of thiol groups is 1. The maximum Gasteiger partial charge on any atom is 0.309 e. The minimum Gasteiger partial charge on any atom is -0.295 e. The molecule has 0 bridgehead atoms. The SMILES string of the molecule is Cn1c(S)c(N=Nc2cccc3ccccc23)sc1=O. The summed E-state index contributed by atoms with van der Waals surface area (Å²) in [5.41, 5.74) is 0.777. The van der Waals surface area contributed by atoms with Crippen LogP contribution in [0.4, 0.5) is 10.7 Å². The molecule has 0 unspecified atom stereocenters. The molecule has 0 atom stereocenters. The fraction of sp³-hybridized carbons (Fsp3) is 0.0714. The summed E-state index contributed by atoms with van der Waals surface area (Å²) in [5.74, 6) is 0. The van der Waals surface area contributed by atoms with Gasteiger partial charge in [-0.3, -0.25) is 9.36 Å². The van der Waals surface area contributed by atoms with Gasteiger partial charge in [0.1, 0.15) is 5.03 Å². The number of hydrogen-bond acceptors (Lipinski definition) is 5. The Morgan fingerprint density at radius 3 is 2.60 bits per heavy atom. The Labute approximate surface area is 124 Å². The van der Waals surface area contributed by atoms with E-state index in [1.54, 1.807) is 7.05 Å². The highest BCUT2D eigenvalue weighted by molar-refractivity contribution is 7.80. The molecule has 3 aromatic rings. The number of nitrogens with zero attached hydrogens (tertiary/aromatic N) is 3. The zero-order chi connectivity index (χ0) is 14.1. The van der Waals surface area contributed by atoms with Crippen molar-refractivity contribution in [3.05, 3.63) is 52.1 Å². The summed E-state index contributed by atoms with van der Waals surface area (Å²) < 4.78 is 1.45. The van der Waals surface area contributed by atoms with E-state index in [0.717, 1.165) is 27.8 Å². The Kier molecular flexibility index (Phi) is 3.42. The molecular formula is C14H11N3OS2. The van der Waals surface area contributed by atoms with E-state index >= 15 is 0 Å². The molecule has 6 heteroatoms. The van der Waals surface area contributed by atoms with Crippen molar-refractivity contribution in [2.24, 2.45) is 17.3 Å². The summed E-state index contributed by atoms with van der Waals surface area (Å²) in [4.78, 5) is 11.4. The smallest absolute Gasteiger partial charge is 0.295 e. The van der Waals surface area contributed by atoms with Crippen LogP contribution in [0.2, 0.25) is 0 Å². The molecule has 1 aromatic heterocycles. The van der Waals surface area contributed by atoms with Gasteiger partial charge in [0.2, 0.25) is 0 Å². The summed E-state index contributed by atoms with van der Waals surface area (Å²) in [6, 6.07) is 13.8. The molecule has 3 rings (SSSR count). The first-order chi connectivity index (χ1) is 9.66. The van der Waals surface area contributed by atoms with E-state index in [1.165, 1.54) is 4.57 Å². The molecule has 0 aliphatic rings. The van der Waals surface area contributed by atoms with Crippen LogP contribution in [-0.4, -0.2) is 4.57 Å². The van der Waals surface area contributed by atoms with E-state index in [0.29, 0.717) is 10.0 Å². The lowest BCUT2D eigenvalue weighted by atomic mass is 10.1. The van der Waals surface area contributed by atoms with E-state index in [-0.39, 0.29) is 4.87 Å². The molecule has 0 aliphatic heterocycles. The number of azo groups is 1. The van der Waals surface area contributed by atoms with Gasteiger partial charge >= 0.3 is 4.87 Å². The molecule has 4 nitrogen and oxygen atoms in total. The Morgan fingerprint density at radius 2 is 1.85 bits per heavy atom. The molecule has 0 saturated carbocycles. The van der Waals surface area contributed by atoms with Crippen molar-refractivity contribution in [1.82, 2.24) is 4.57 Å². The van der Waals surface area contributed by atoms with E-state index in [2.05, 4.69) is 22.9 Å². The summed E-state index contributed by atoms with van der Waals surface area (Å²) in [5, 5.41) is 11.6. The maximum atomic E-state index is 11.5. The summed E-state index contributed by atoms with van der Waals surface area (Å²) >= 11 is 5.31. The van der Waals surface area contributed by atoms with Crippen LogP contribution in [0.1, 0.15) is 0 Å². The van der Waals surface area contributed by atoms with Crippen molar-refractivity contribution < 1.29 is 0 Å². The highest BCUT2D eigenvalue weighted by atomic mass is 32.1. The van der Waals surface area contributed by atoms with Crippen molar-refractivity contribution in [2.75, 3.05) is 0 Å². The Morgan fingerprint density at radius 1 is 1.10 bits per heavy atom. The summed E-state index contributed by atoms with van der Waals surface area (Å²) in [7, 11) is 1.66. The van der Waals surface area contributed by atoms with Crippen LogP contribution in [0.15, 0.2) is 62.5 Å². The Balaban J connectivity index is 2.07. The van der Waals surface area contributed by atoms with Crippen LogP contribution in [-0.2, 0) is 7.05 Å². The third kappa shape index (κ3) is 2.28. The average Bonchev–Trinajstić information content (AvgIpc) is 2.72. The number of thiazole rings is 1. The van der Waals surface area contributed by atoms with Crippen LogP contribution in [0.3, 0.4) is 0 Å². The van der Waals surface area contributed by atoms with Crippen LogP contribution in [0.5, 0.6) is 0 Å². The van der Waals surface area contributed by atoms with E-state index in [1.807, 2.05) is 42.5 Å². The van der Waals surface area contributed by atoms with Crippen molar-refractivity contribution in [3.63, 3.8) is 0 Å². The summed E-state index contributed by atoms with van der Waals surface area (Å²) in [6.45, 7) is 0. The molecule has 0 aliphatic carbocycles. The van der Waals surface area contributed by atoms with Gasteiger partial charge in [-0.15, -0.1) is 22.9 Å². The minimum absolute atomic E-state index is 0.0955. The third-order valence-corrected chi connectivity index (χ3v) is 4.56. The largest absolute Gasteiger partial charge is 0.309 e. The van der Waals surface area contributed by atoms with Gasteiger partial charge in [0, 0.05) is 12.4 Å². The van der Waals surface area contributed by atoms with Crippen molar-refractivity contribution in [3.8, 4) is 0 Å². The second kappa shape index (κ2) is 5.22. The fourth-order valence-electron chi connectivity index (χ4n) is 1.89. The third-order valence-electron chi connectivity index (χ3n) is 2.98. The second-order valence-corrected chi connectivity index (χ2v) is 5.62. The monoisotopic (exact) mass is 301 g/mol. The van der Waals surface area contributed by atoms with E-state index < -0.39 is 0 Å². The maximum absolute atomic E-state index is 11.5. The molecule has 0 N–H and O–H groups in total. The van der Waals surface area contributed by atoms with Crippen LogP contribution in [0.25, 0.3) is 10.8 Å². The number of hydrogen-bond donors (Lipinski definition) is 1. The molecule has 20 heavy (non-hydrogen) atoms. The van der Waals surface area contributed by atoms with Gasteiger partial charge in [0.25, 0.3) is 0 Å². The molecular weight excluding hydrogens is 290 g/mol. The lowest BCUT2D eigenvalue weighted by molar-refractivity contribution is 0.803. The molecule has 0 fully saturated rings. The molecule has 0 saturated heterocycles. The zero-order valence-corrected chi connectivity index (χ0v) is 12.4. The van der Waals surface area contributed by atoms with Gasteiger partial charge in [-0.05, 0) is 11.5 Å². The first-order valence-electron chi connectivity index (χ1n) is 5.95. The second-order valence-electron chi connectivity index (χ2n) is 4.25. The van der Waals surface area contributed by atoms with Crippen molar-refractivity contribution >= 4 is 45.4 Å². The normalized spacial score (nSPS) is 11.5. The average molecular weight is 301 g/mol. The van der Waals surface area contributed by atoms with Gasteiger partial charge in [0.15, 0.2) is 5.00 Å². The number of aromatic nitrogens is 1. The van der Waals surface area contributed by atoms with Gasteiger partial charge in [-0.1, -0.05) is 47.7 Å². The lowest BCUT2D eigenvalue weighted by Gasteiger charge is -1.99. The fourth-order valence-corrected chi connectivity index (χ4v) is 2.93. The molecule has 1 heterocycles. The first-order valence-corrected chi connectivity index (χ1v) is 7.21. The van der Waals surface area contributed by atoms with Gasteiger partial charge in [-0.25, -0.2) is 0 Å². The van der Waals surface area contributed by atoms with Crippen molar-refractivity contribution in [2.45, 2.75) is 5.03 Å². The van der Waals surface area contributed by atoms with Gasteiger partial charge in [0.05, 0.1) is 5.69 Å². The molecule has 0 amide bonds. The van der Waals surface area contributed by atoms with Crippen LogP contribution < -0.4 is 4.87 Å². The highest BCUT2D eigenvalue weighted by Gasteiger charge is 2.08. The predicted octanol–water partition coefficient (Wildman–Crippen LogP) is 4.30. The summed E-state index contributed by atoms with van der Waals surface area (Å²) in [6.07, 6.45) is 0. The first kappa shape index (κ1) is 13.1. The Bertz CT molecular complexity index is 859. The standard InChI is InChI=1S/C14H11N3OS2/c1-17-13(19)12(20-14(17)18)16-15-11-8-4-6-9-5-2-3-7-10(9)11/h2-8,19H,1H3. The number of rotatable bonds is 2. The molecule has 0 spiro atoms. The zero-order valence-electron chi connectivity index (χ0n) is 10.6. The number of benzene rings is 2. The van der Waals surface area contributed by atoms with Gasteiger partial charge < -0.3 is 0 Å². The molecule has 2 aromatic carbocycles. The minimum atomic E-state index is -0.0955. The van der Waals surface area contributed by atoms with E-state index in [9.17, 15) is 4.79 Å². The van der Waals surface area contributed by atoms with E-state index in [4.69, 9.17) is 0 Å². The quantitative estimate of drug-likeness (QED) is 0.556. The highest BCUT2D eigenvalue weighted by Crippen LogP contribution is 2.30. The predicted molar refractivity (Wildman–Crippen MR) is 84.9 cm³/mol. The van der Waals surface area contributed by atoms with Crippen molar-refractivity contribution in [1.29, 1.82) is 0 Å².